The summed E-state index contributed by atoms with van der Waals surface area (Å²) in [5.41, 5.74) is 5.63. The smallest absolute Gasteiger partial charge is 0.289 e. The third-order valence-corrected chi connectivity index (χ3v) is 8.06. The van der Waals surface area contributed by atoms with E-state index in [2.05, 4.69) is 21.1 Å². The average Bonchev–Trinajstić information content (AvgIpc) is 3.58. The van der Waals surface area contributed by atoms with Crippen LogP contribution in [0.5, 0.6) is 0 Å². The van der Waals surface area contributed by atoms with Crippen molar-refractivity contribution in [2.24, 2.45) is 5.16 Å². The standard InChI is InChI=1S/C29H32N4O3/c34-29(33-16-14-32(15-17-33)23-4-2-1-3-5-23)27-19-25(28(36-27)20-10-12-30-13-11-20)22-6-8-24-21(18-22)7-9-26(24)31-35/h6,8,10-13,18-19,23,35H,1-5,7,9,14-17H2. The molecule has 7 heteroatoms. The van der Waals surface area contributed by atoms with Crippen molar-refractivity contribution in [2.75, 3.05) is 26.2 Å². The molecule has 0 radical (unpaired) electrons. The summed E-state index contributed by atoms with van der Waals surface area (Å²) in [6.45, 7) is 3.33. The fourth-order valence-electron chi connectivity index (χ4n) is 6.06. The predicted molar refractivity (Wildman–Crippen MR) is 138 cm³/mol. The number of carbonyl (C=O) groups is 1. The number of aryl methyl sites for hydroxylation is 1. The third kappa shape index (κ3) is 4.32. The van der Waals surface area contributed by atoms with E-state index in [1.807, 2.05) is 35.2 Å². The summed E-state index contributed by atoms with van der Waals surface area (Å²) in [6, 6.07) is 12.5. The second-order valence-electron chi connectivity index (χ2n) is 10.1. The summed E-state index contributed by atoms with van der Waals surface area (Å²) in [6.07, 6.45) is 11.6. The topological polar surface area (TPSA) is 82.2 Å². The normalized spacial score (nSPS) is 20.1. The zero-order valence-electron chi connectivity index (χ0n) is 20.5. The van der Waals surface area contributed by atoms with Gasteiger partial charge in [-0.05, 0) is 55.0 Å². The number of benzene rings is 1. The molecule has 1 N–H and O–H groups in total. The molecule has 3 aromatic rings. The Morgan fingerprint density at radius 1 is 0.917 bits per heavy atom. The van der Waals surface area contributed by atoms with E-state index in [0.29, 0.717) is 17.6 Å². The molecule has 0 spiro atoms. The summed E-state index contributed by atoms with van der Waals surface area (Å²) in [4.78, 5) is 22.2. The van der Waals surface area contributed by atoms with Crippen molar-refractivity contribution >= 4 is 11.6 Å². The van der Waals surface area contributed by atoms with Crippen LogP contribution in [0.1, 0.15) is 60.2 Å². The van der Waals surface area contributed by atoms with Crippen LogP contribution >= 0.6 is 0 Å². The lowest BCUT2D eigenvalue weighted by Gasteiger charge is -2.40. The minimum absolute atomic E-state index is 0.0456. The zero-order chi connectivity index (χ0) is 24.5. The highest BCUT2D eigenvalue weighted by Gasteiger charge is 2.30. The molecule has 186 valence electrons. The lowest BCUT2D eigenvalue weighted by atomic mass is 9.94. The first-order valence-electron chi connectivity index (χ1n) is 13.1. The largest absolute Gasteiger partial charge is 0.450 e. The molecule has 1 aliphatic heterocycles. The van der Waals surface area contributed by atoms with E-state index < -0.39 is 0 Å². The number of oxime groups is 1. The van der Waals surface area contributed by atoms with E-state index in [1.54, 1.807) is 12.4 Å². The van der Waals surface area contributed by atoms with Gasteiger partial charge in [-0.1, -0.05) is 42.6 Å². The molecule has 6 rings (SSSR count). The summed E-state index contributed by atoms with van der Waals surface area (Å²) in [5.74, 6) is 1.01. The first-order chi connectivity index (χ1) is 17.7. The molecule has 1 aromatic carbocycles. The minimum Gasteiger partial charge on any atom is -0.450 e. The van der Waals surface area contributed by atoms with Gasteiger partial charge in [0, 0.05) is 61.3 Å². The van der Waals surface area contributed by atoms with Gasteiger partial charge in [-0.2, -0.15) is 0 Å². The molecular weight excluding hydrogens is 452 g/mol. The van der Waals surface area contributed by atoms with E-state index in [9.17, 15) is 10.0 Å². The van der Waals surface area contributed by atoms with Crippen LogP contribution in [0.4, 0.5) is 0 Å². The van der Waals surface area contributed by atoms with E-state index in [-0.39, 0.29) is 5.91 Å². The van der Waals surface area contributed by atoms with Gasteiger partial charge in [0.05, 0.1) is 5.71 Å². The maximum Gasteiger partial charge on any atom is 0.289 e. The first kappa shape index (κ1) is 23.0. The number of hydrogen-bond donors (Lipinski definition) is 1. The van der Waals surface area contributed by atoms with Crippen molar-refractivity contribution < 1.29 is 14.4 Å². The third-order valence-electron chi connectivity index (χ3n) is 8.06. The summed E-state index contributed by atoms with van der Waals surface area (Å²) in [7, 11) is 0. The monoisotopic (exact) mass is 484 g/mol. The van der Waals surface area contributed by atoms with Crippen molar-refractivity contribution in [1.29, 1.82) is 0 Å². The Balaban J connectivity index is 1.27. The summed E-state index contributed by atoms with van der Waals surface area (Å²) < 4.78 is 6.28. The van der Waals surface area contributed by atoms with Crippen molar-refractivity contribution in [3.63, 3.8) is 0 Å². The van der Waals surface area contributed by atoms with Gasteiger partial charge in [0.1, 0.15) is 5.76 Å². The van der Waals surface area contributed by atoms with Crippen LogP contribution in [0.2, 0.25) is 0 Å². The van der Waals surface area contributed by atoms with Crippen molar-refractivity contribution in [3.05, 3.63) is 65.7 Å². The Bertz CT molecular complexity index is 1270. The van der Waals surface area contributed by atoms with Crippen molar-refractivity contribution in [2.45, 2.75) is 51.0 Å². The van der Waals surface area contributed by atoms with E-state index in [0.717, 1.165) is 72.5 Å². The highest BCUT2D eigenvalue weighted by molar-refractivity contribution is 6.05. The first-order valence-corrected chi connectivity index (χ1v) is 13.1. The lowest BCUT2D eigenvalue weighted by Crippen LogP contribution is -2.52. The van der Waals surface area contributed by atoms with E-state index in [4.69, 9.17) is 4.42 Å². The van der Waals surface area contributed by atoms with Gasteiger partial charge in [0.25, 0.3) is 5.91 Å². The van der Waals surface area contributed by atoms with Crippen molar-refractivity contribution in [3.8, 4) is 22.5 Å². The molecule has 7 nitrogen and oxygen atoms in total. The van der Waals surface area contributed by atoms with Crippen LogP contribution in [-0.2, 0) is 6.42 Å². The van der Waals surface area contributed by atoms with Gasteiger partial charge in [-0.3, -0.25) is 14.7 Å². The molecule has 1 amide bonds. The van der Waals surface area contributed by atoms with Crippen LogP contribution in [0, 0.1) is 0 Å². The second-order valence-corrected chi connectivity index (χ2v) is 10.1. The number of pyridine rings is 1. The van der Waals surface area contributed by atoms with Crippen molar-refractivity contribution in [1.82, 2.24) is 14.8 Å². The molecule has 0 atom stereocenters. The van der Waals surface area contributed by atoms with Gasteiger partial charge in [0.2, 0.25) is 0 Å². The predicted octanol–water partition coefficient (Wildman–Crippen LogP) is 5.22. The quantitative estimate of drug-likeness (QED) is 0.405. The molecule has 1 saturated heterocycles. The maximum absolute atomic E-state index is 13.5. The molecular formula is C29H32N4O3. The number of hydrogen-bond acceptors (Lipinski definition) is 6. The van der Waals surface area contributed by atoms with Gasteiger partial charge in [-0.15, -0.1) is 0 Å². The number of nitrogens with zero attached hydrogens (tertiary/aromatic N) is 4. The molecule has 1 saturated carbocycles. The van der Waals surface area contributed by atoms with Gasteiger partial charge in [0.15, 0.2) is 5.76 Å². The van der Waals surface area contributed by atoms with Crippen LogP contribution in [0.25, 0.3) is 22.5 Å². The number of amides is 1. The molecule has 2 aromatic heterocycles. The Morgan fingerprint density at radius 2 is 1.69 bits per heavy atom. The van der Waals surface area contributed by atoms with E-state index in [1.165, 1.54) is 32.1 Å². The number of rotatable bonds is 4. The zero-order valence-corrected chi connectivity index (χ0v) is 20.5. The molecule has 0 bridgehead atoms. The highest BCUT2D eigenvalue weighted by Crippen LogP contribution is 2.37. The van der Waals surface area contributed by atoms with Crippen LogP contribution in [0.3, 0.4) is 0 Å². The summed E-state index contributed by atoms with van der Waals surface area (Å²) >= 11 is 0. The lowest BCUT2D eigenvalue weighted by molar-refractivity contribution is 0.0498. The Hall–Kier alpha value is -3.45. The Labute approximate surface area is 211 Å². The molecule has 2 fully saturated rings. The Kier molecular flexibility index (Phi) is 6.32. The SMILES string of the molecule is O=C(c1cc(-c2ccc3c(c2)CCC3=NO)c(-c2ccncc2)o1)N1CCN(C2CCCCC2)CC1. The number of aromatic nitrogens is 1. The van der Waals surface area contributed by atoms with Crippen LogP contribution in [-0.4, -0.2) is 63.8 Å². The van der Waals surface area contributed by atoms with E-state index >= 15 is 0 Å². The summed E-state index contributed by atoms with van der Waals surface area (Å²) in [5, 5.41) is 12.7. The fraction of sp³-hybridized carbons (Fsp3) is 0.414. The van der Waals surface area contributed by atoms with Gasteiger partial charge < -0.3 is 14.5 Å². The number of piperazine rings is 1. The average molecular weight is 485 g/mol. The number of carbonyl (C=O) groups excluding carboxylic acids is 1. The number of furan rings is 1. The van der Waals surface area contributed by atoms with Crippen LogP contribution in [0.15, 0.2) is 58.4 Å². The highest BCUT2D eigenvalue weighted by atomic mass is 16.4. The molecule has 3 aliphatic rings. The molecule has 2 aliphatic carbocycles. The fourth-order valence-corrected chi connectivity index (χ4v) is 6.06. The second kappa shape index (κ2) is 9.90. The Morgan fingerprint density at radius 3 is 2.44 bits per heavy atom. The molecule has 0 unspecified atom stereocenters. The number of fused-ring (bicyclic) bond motifs is 1. The maximum atomic E-state index is 13.5. The van der Waals surface area contributed by atoms with Gasteiger partial charge in [-0.25, -0.2) is 0 Å². The van der Waals surface area contributed by atoms with Crippen LogP contribution < -0.4 is 0 Å². The minimum atomic E-state index is -0.0456. The molecule has 3 heterocycles. The van der Waals surface area contributed by atoms with Gasteiger partial charge >= 0.3 is 0 Å². The molecule has 36 heavy (non-hydrogen) atoms.